The summed E-state index contributed by atoms with van der Waals surface area (Å²) in [5, 5.41) is 2.56. The van der Waals surface area contributed by atoms with E-state index in [0.717, 1.165) is 6.42 Å². The molecule has 0 aliphatic carbocycles. The monoisotopic (exact) mass is 278 g/mol. The molecule has 0 saturated carbocycles. The highest BCUT2D eigenvalue weighted by atomic mass is 19.1. The van der Waals surface area contributed by atoms with Crippen LogP contribution in [0.4, 0.5) is 4.39 Å². The lowest BCUT2D eigenvalue weighted by atomic mass is 9.98. The number of carbonyl (C=O) groups is 2. The number of carbonyl (C=O) groups excluding carboxylic acids is 2. The number of primary amides is 1. The van der Waals surface area contributed by atoms with Crippen LogP contribution in [0.1, 0.15) is 25.8 Å². The highest BCUT2D eigenvalue weighted by Gasteiger charge is 2.22. The van der Waals surface area contributed by atoms with E-state index in [1.807, 2.05) is 13.8 Å². The van der Waals surface area contributed by atoms with Crippen LogP contribution in [-0.2, 0) is 9.59 Å². The maximum absolute atomic E-state index is 13.0. The predicted octanol–water partition coefficient (Wildman–Crippen LogP) is 1.86. The summed E-state index contributed by atoms with van der Waals surface area (Å²) >= 11 is 0. The summed E-state index contributed by atoms with van der Waals surface area (Å²) in [7, 11) is 0. The van der Waals surface area contributed by atoms with Gasteiger partial charge in [-0.3, -0.25) is 9.59 Å². The molecular weight excluding hydrogens is 259 g/mol. The van der Waals surface area contributed by atoms with E-state index in [2.05, 4.69) is 5.32 Å². The molecule has 0 aliphatic heterocycles. The molecule has 2 atom stereocenters. The van der Waals surface area contributed by atoms with Crippen molar-refractivity contribution in [1.82, 2.24) is 5.32 Å². The number of hydrogen-bond acceptors (Lipinski definition) is 2. The number of nitrogens with two attached hydrogens (primary N) is 1. The first-order valence-electron chi connectivity index (χ1n) is 6.47. The standard InChI is InChI=1S/C15H19FN2O2/c1-3-10(2)14(15(17)20)18-13(19)8-7-11-5-4-6-12(16)9-11/h4-10,14H,3H2,1-2H3,(H2,17,20)(H,18,19). The molecule has 0 spiro atoms. The minimum Gasteiger partial charge on any atom is -0.368 e. The number of benzene rings is 1. The molecule has 2 unspecified atom stereocenters. The zero-order valence-corrected chi connectivity index (χ0v) is 11.6. The Bertz CT molecular complexity index is 514. The Kier molecular flexibility index (Phi) is 5.90. The van der Waals surface area contributed by atoms with E-state index in [9.17, 15) is 14.0 Å². The zero-order valence-electron chi connectivity index (χ0n) is 11.6. The van der Waals surface area contributed by atoms with E-state index >= 15 is 0 Å². The maximum Gasteiger partial charge on any atom is 0.244 e. The highest BCUT2D eigenvalue weighted by molar-refractivity contribution is 5.95. The molecule has 0 bridgehead atoms. The van der Waals surface area contributed by atoms with Gasteiger partial charge in [-0.2, -0.15) is 0 Å². The Morgan fingerprint density at radius 1 is 1.45 bits per heavy atom. The number of hydrogen-bond donors (Lipinski definition) is 2. The third kappa shape index (κ3) is 4.84. The van der Waals surface area contributed by atoms with E-state index in [1.165, 1.54) is 24.3 Å². The molecule has 0 aliphatic rings. The summed E-state index contributed by atoms with van der Waals surface area (Å²) in [6.45, 7) is 3.75. The summed E-state index contributed by atoms with van der Waals surface area (Å²) < 4.78 is 13.0. The molecule has 1 aromatic carbocycles. The van der Waals surface area contributed by atoms with E-state index < -0.39 is 17.9 Å². The van der Waals surface area contributed by atoms with Crippen molar-refractivity contribution in [2.45, 2.75) is 26.3 Å². The average molecular weight is 278 g/mol. The minimum absolute atomic E-state index is 0.0426. The van der Waals surface area contributed by atoms with Crippen molar-refractivity contribution in [3.8, 4) is 0 Å². The number of rotatable bonds is 6. The summed E-state index contributed by atoms with van der Waals surface area (Å²) in [5.41, 5.74) is 5.83. The van der Waals surface area contributed by atoms with Gasteiger partial charge in [0.1, 0.15) is 11.9 Å². The first-order chi connectivity index (χ1) is 9.43. The fourth-order valence-corrected chi connectivity index (χ4v) is 1.71. The molecule has 0 fully saturated rings. The first kappa shape index (κ1) is 15.9. The van der Waals surface area contributed by atoms with Crippen LogP contribution in [0.3, 0.4) is 0 Å². The van der Waals surface area contributed by atoms with Gasteiger partial charge in [0.25, 0.3) is 0 Å². The Hall–Kier alpha value is -2.17. The molecule has 0 saturated heterocycles. The second-order valence-electron chi connectivity index (χ2n) is 4.66. The molecule has 1 rings (SSSR count). The van der Waals surface area contributed by atoms with Crippen molar-refractivity contribution in [3.05, 3.63) is 41.7 Å². The molecular formula is C15H19FN2O2. The van der Waals surface area contributed by atoms with Crippen molar-refractivity contribution in [1.29, 1.82) is 0 Å². The van der Waals surface area contributed by atoms with Gasteiger partial charge >= 0.3 is 0 Å². The van der Waals surface area contributed by atoms with Crippen LogP contribution in [-0.4, -0.2) is 17.9 Å². The van der Waals surface area contributed by atoms with Crippen molar-refractivity contribution >= 4 is 17.9 Å². The van der Waals surface area contributed by atoms with E-state index in [1.54, 1.807) is 12.1 Å². The van der Waals surface area contributed by atoms with E-state index in [4.69, 9.17) is 5.73 Å². The molecule has 0 heterocycles. The van der Waals surface area contributed by atoms with Crippen LogP contribution in [0.25, 0.3) is 6.08 Å². The van der Waals surface area contributed by atoms with Crippen LogP contribution < -0.4 is 11.1 Å². The van der Waals surface area contributed by atoms with Gasteiger partial charge in [0.15, 0.2) is 0 Å². The van der Waals surface area contributed by atoms with Gasteiger partial charge in [0.2, 0.25) is 11.8 Å². The molecule has 20 heavy (non-hydrogen) atoms. The lowest BCUT2D eigenvalue weighted by molar-refractivity contribution is -0.126. The molecule has 2 amide bonds. The van der Waals surface area contributed by atoms with Crippen LogP contribution in [0.2, 0.25) is 0 Å². The second kappa shape index (κ2) is 7.43. The number of halogens is 1. The SMILES string of the molecule is CCC(C)C(NC(=O)C=Cc1cccc(F)c1)C(N)=O. The first-order valence-corrected chi connectivity index (χ1v) is 6.47. The van der Waals surface area contributed by atoms with Gasteiger partial charge in [-0.25, -0.2) is 4.39 Å². The van der Waals surface area contributed by atoms with Gasteiger partial charge in [-0.15, -0.1) is 0 Å². The fourth-order valence-electron chi connectivity index (χ4n) is 1.71. The average Bonchev–Trinajstić information content (AvgIpc) is 2.41. The normalized spacial score (nSPS) is 13.9. The van der Waals surface area contributed by atoms with Gasteiger partial charge in [-0.1, -0.05) is 32.4 Å². The topological polar surface area (TPSA) is 72.2 Å². The molecule has 0 radical (unpaired) electrons. The Labute approximate surface area is 117 Å². The smallest absolute Gasteiger partial charge is 0.244 e. The largest absolute Gasteiger partial charge is 0.368 e. The Morgan fingerprint density at radius 2 is 2.15 bits per heavy atom. The summed E-state index contributed by atoms with van der Waals surface area (Å²) in [5.74, 6) is -1.41. The van der Waals surface area contributed by atoms with Crippen LogP contribution in [0, 0.1) is 11.7 Å². The van der Waals surface area contributed by atoms with Crippen LogP contribution in [0.15, 0.2) is 30.3 Å². The molecule has 5 heteroatoms. The lowest BCUT2D eigenvalue weighted by Gasteiger charge is -2.20. The summed E-state index contributed by atoms with van der Waals surface area (Å²) in [6, 6.07) is 5.16. The van der Waals surface area contributed by atoms with Gasteiger partial charge in [-0.05, 0) is 29.7 Å². The van der Waals surface area contributed by atoms with Gasteiger partial charge < -0.3 is 11.1 Å². The predicted molar refractivity (Wildman–Crippen MR) is 76.0 cm³/mol. The molecule has 0 aromatic heterocycles. The summed E-state index contributed by atoms with van der Waals surface area (Å²) in [6.07, 6.45) is 3.46. The van der Waals surface area contributed by atoms with Crippen molar-refractivity contribution in [3.63, 3.8) is 0 Å². The minimum atomic E-state index is -0.704. The Balaban J connectivity index is 2.68. The maximum atomic E-state index is 13.0. The zero-order chi connectivity index (χ0) is 15.1. The van der Waals surface area contributed by atoms with Crippen molar-refractivity contribution in [2.75, 3.05) is 0 Å². The van der Waals surface area contributed by atoms with E-state index in [0.29, 0.717) is 5.56 Å². The molecule has 1 aromatic rings. The third-order valence-corrected chi connectivity index (χ3v) is 3.09. The van der Waals surface area contributed by atoms with Crippen LogP contribution >= 0.6 is 0 Å². The summed E-state index contributed by atoms with van der Waals surface area (Å²) in [4.78, 5) is 23.0. The molecule has 4 nitrogen and oxygen atoms in total. The molecule has 3 N–H and O–H groups in total. The third-order valence-electron chi connectivity index (χ3n) is 3.09. The van der Waals surface area contributed by atoms with Gasteiger partial charge in [0.05, 0.1) is 0 Å². The lowest BCUT2D eigenvalue weighted by Crippen LogP contribution is -2.47. The Morgan fingerprint density at radius 3 is 2.70 bits per heavy atom. The highest BCUT2D eigenvalue weighted by Crippen LogP contribution is 2.08. The van der Waals surface area contributed by atoms with Crippen molar-refractivity contribution in [2.24, 2.45) is 11.7 Å². The fraction of sp³-hybridized carbons (Fsp3) is 0.333. The quantitative estimate of drug-likeness (QED) is 0.779. The second-order valence-corrected chi connectivity index (χ2v) is 4.66. The van der Waals surface area contributed by atoms with Gasteiger partial charge in [0, 0.05) is 6.08 Å². The number of nitrogens with one attached hydrogen (secondary N) is 1. The molecule has 108 valence electrons. The van der Waals surface area contributed by atoms with E-state index in [-0.39, 0.29) is 11.7 Å². The number of amides is 2. The van der Waals surface area contributed by atoms with Crippen LogP contribution in [0.5, 0.6) is 0 Å². The van der Waals surface area contributed by atoms with Crippen molar-refractivity contribution < 1.29 is 14.0 Å².